The zero-order valence-electron chi connectivity index (χ0n) is 13.8. The topological polar surface area (TPSA) is 90.2 Å². The van der Waals surface area contributed by atoms with Crippen LogP contribution in [0.15, 0.2) is 66.7 Å². The van der Waals surface area contributed by atoms with Gasteiger partial charge >= 0.3 is 5.97 Å². The summed E-state index contributed by atoms with van der Waals surface area (Å²) in [6.07, 6.45) is 0.0986. The molecule has 0 aliphatic heterocycles. The molecule has 3 aromatic carbocycles. The van der Waals surface area contributed by atoms with Gasteiger partial charge in [0.05, 0.1) is 11.6 Å². The first-order valence-corrected chi connectivity index (χ1v) is 8.09. The molecule has 0 aromatic heterocycles. The quantitative estimate of drug-likeness (QED) is 0.744. The number of hydrogen-bond acceptors (Lipinski definition) is 3. The summed E-state index contributed by atoms with van der Waals surface area (Å²) >= 11 is 0. The first-order valence-electron chi connectivity index (χ1n) is 8.09. The standard InChI is InChI=1S/C21H16N2O3/c22-13-15-6-3-5-14(11-15)12-19(21(25)26)23-20(24)18-10-4-8-16-7-1-2-9-17(16)18/h1-11,19H,12H2,(H,23,24)(H,25,26)/t19-/m0/s1. The molecule has 0 aliphatic rings. The van der Waals surface area contributed by atoms with Crippen LogP contribution < -0.4 is 5.32 Å². The molecule has 0 spiro atoms. The van der Waals surface area contributed by atoms with Crippen LogP contribution in [0, 0.1) is 11.3 Å². The Morgan fingerprint density at radius 3 is 2.54 bits per heavy atom. The van der Waals surface area contributed by atoms with Gasteiger partial charge in [-0.2, -0.15) is 5.26 Å². The van der Waals surface area contributed by atoms with E-state index >= 15 is 0 Å². The molecule has 0 heterocycles. The summed E-state index contributed by atoms with van der Waals surface area (Å²) in [5.74, 6) is -1.56. The molecule has 0 saturated heterocycles. The second kappa shape index (κ2) is 7.49. The van der Waals surface area contributed by atoms with Crippen LogP contribution in [0.2, 0.25) is 0 Å². The van der Waals surface area contributed by atoms with Gasteiger partial charge < -0.3 is 10.4 Å². The first kappa shape index (κ1) is 17.2. The number of amides is 1. The third kappa shape index (κ3) is 3.70. The molecule has 5 heteroatoms. The second-order valence-electron chi connectivity index (χ2n) is 5.91. The monoisotopic (exact) mass is 344 g/mol. The van der Waals surface area contributed by atoms with E-state index in [-0.39, 0.29) is 6.42 Å². The number of nitriles is 1. The number of carbonyl (C=O) groups excluding carboxylic acids is 1. The Bertz CT molecular complexity index is 1020. The Morgan fingerprint density at radius 2 is 1.77 bits per heavy atom. The van der Waals surface area contributed by atoms with Gasteiger partial charge in [-0.25, -0.2) is 4.79 Å². The highest BCUT2D eigenvalue weighted by atomic mass is 16.4. The zero-order chi connectivity index (χ0) is 18.5. The van der Waals surface area contributed by atoms with E-state index in [4.69, 9.17) is 5.26 Å². The maximum absolute atomic E-state index is 12.7. The van der Waals surface area contributed by atoms with E-state index in [0.29, 0.717) is 16.7 Å². The normalized spacial score (nSPS) is 11.5. The van der Waals surface area contributed by atoms with Gasteiger partial charge in [-0.15, -0.1) is 0 Å². The molecule has 2 N–H and O–H groups in total. The van der Waals surface area contributed by atoms with E-state index in [9.17, 15) is 14.7 Å². The molecule has 3 rings (SSSR count). The average molecular weight is 344 g/mol. The largest absolute Gasteiger partial charge is 0.480 e. The van der Waals surface area contributed by atoms with E-state index in [2.05, 4.69) is 5.32 Å². The summed E-state index contributed by atoms with van der Waals surface area (Å²) in [7, 11) is 0. The molecule has 1 atom stereocenters. The molecule has 0 radical (unpaired) electrons. The first-order chi connectivity index (χ1) is 12.6. The number of rotatable bonds is 5. The molecule has 1 amide bonds. The molecule has 3 aromatic rings. The lowest BCUT2D eigenvalue weighted by molar-refractivity contribution is -0.139. The smallest absolute Gasteiger partial charge is 0.326 e. The van der Waals surface area contributed by atoms with Crippen LogP contribution in [0.4, 0.5) is 0 Å². The lowest BCUT2D eigenvalue weighted by atomic mass is 10.0. The number of carboxylic acid groups (broad SMARTS) is 1. The number of carboxylic acids is 1. The molecule has 0 aliphatic carbocycles. The maximum Gasteiger partial charge on any atom is 0.326 e. The molecule has 128 valence electrons. The highest BCUT2D eigenvalue weighted by Gasteiger charge is 2.22. The van der Waals surface area contributed by atoms with Crippen LogP contribution in [0.1, 0.15) is 21.5 Å². The summed E-state index contributed by atoms with van der Waals surface area (Å²) in [5.41, 5.74) is 1.56. The Kier molecular flexibility index (Phi) is 4.95. The Hall–Kier alpha value is -3.65. The molecule has 0 bridgehead atoms. The number of benzene rings is 3. The van der Waals surface area contributed by atoms with E-state index in [1.165, 1.54) is 0 Å². The van der Waals surface area contributed by atoms with E-state index < -0.39 is 17.9 Å². The van der Waals surface area contributed by atoms with Crippen molar-refractivity contribution in [3.63, 3.8) is 0 Å². The Balaban J connectivity index is 1.84. The van der Waals surface area contributed by atoms with Crippen LogP contribution in [-0.4, -0.2) is 23.0 Å². The number of hydrogen-bond donors (Lipinski definition) is 2. The molecule has 5 nitrogen and oxygen atoms in total. The van der Waals surface area contributed by atoms with Crippen molar-refractivity contribution in [1.82, 2.24) is 5.32 Å². The number of nitrogens with one attached hydrogen (secondary N) is 1. The summed E-state index contributed by atoms with van der Waals surface area (Å²) < 4.78 is 0. The van der Waals surface area contributed by atoms with E-state index in [0.717, 1.165) is 10.8 Å². The Morgan fingerprint density at radius 1 is 1.04 bits per heavy atom. The van der Waals surface area contributed by atoms with Crippen molar-refractivity contribution >= 4 is 22.6 Å². The summed E-state index contributed by atoms with van der Waals surface area (Å²) in [6, 6.07) is 20.4. The van der Waals surface area contributed by atoms with Gasteiger partial charge in [-0.05, 0) is 34.5 Å². The van der Waals surface area contributed by atoms with Crippen molar-refractivity contribution in [2.45, 2.75) is 12.5 Å². The highest BCUT2D eigenvalue weighted by molar-refractivity contribution is 6.07. The fourth-order valence-electron chi connectivity index (χ4n) is 2.86. The summed E-state index contributed by atoms with van der Waals surface area (Å²) in [5, 5.41) is 22.7. The van der Waals surface area contributed by atoms with Gasteiger partial charge in [0.2, 0.25) is 0 Å². The average Bonchev–Trinajstić information content (AvgIpc) is 2.67. The van der Waals surface area contributed by atoms with Crippen molar-refractivity contribution in [2.24, 2.45) is 0 Å². The van der Waals surface area contributed by atoms with E-state index in [1.807, 2.05) is 36.4 Å². The lowest BCUT2D eigenvalue weighted by Gasteiger charge is -2.16. The SMILES string of the molecule is N#Cc1cccc(C[C@H](NC(=O)c2cccc3ccccc23)C(=O)O)c1. The van der Waals surface area contributed by atoms with Gasteiger partial charge in [0.15, 0.2) is 0 Å². The fraction of sp³-hybridized carbons (Fsp3) is 0.0952. The van der Waals surface area contributed by atoms with Crippen LogP contribution in [0.5, 0.6) is 0 Å². The number of carbonyl (C=O) groups is 2. The van der Waals surface area contributed by atoms with Crippen molar-refractivity contribution in [3.05, 3.63) is 83.4 Å². The van der Waals surface area contributed by atoms with Crippen molar-refractivity contribution in [2.75, 3.05) is 0 Å². The van der Waals surface area contributed by atoms with Crippen molar-refractivity contribution < 1.29 is 14.7 Å². The van der Waals surface area contributed by atoms with Crippen molar-refractivity contribution in [1.29, 1.82) is 5.26 Å². The Labute approximate surface area is 150 Å². The minimum absolute atomic E-state index is 0.0986. The van der Waals surface area contributed by atoms with Gasteiger partial charge in [-0.3, -0.25) is 4.79 Å². The molecular formula is C21H16N2O3. The summed E-state index contributed by atoms with van der Waals surface area (Å²) in [4.78, 5) is 24.3. The third-order valence-electron chi connectivity index (χ3n) is 4.13. The number of fused-ring (bicyclic) bond motifs is 1. The van der Waals surface area contributed by atoms with Gasteiger partial charge in [-0.1, -0.05) is 48.5 Å². The van der Waals surface area contributed by atoms with Gasteiger partial charge in [0, 0.05) is 12.0 Å². The minimum Gasteiger partial charge on any atom is -0.480 e. The third-order valence-corrected chi connectivity index (χ3v) is 4.13. The van der Waals surface area contributed by atoms with Crippen LogP contribution in [-0.2, 0) is 11.2 Å². The molecule has 0 unspecified atom stereocenters. The predicted octanol–water partition coefficient (Wildman–Crippen LogP) is 3.14. The van der Waals surface area contributed by atoms with Crippen LogP contribution in [0.3, 0.4) is 0 Å². The molecular weight excluding hydrogens is 328 g/mol. The molecule has 0 saturated carbocycles. The van der Waals surface area contributed by atoms with E-state index in [1.54, 1.807) is 36.4 Å². The van der Waals surface area contributed by atoms with Gasteiger partial charge in [0.25, 0.3) is 5.91 Å². The summed E-state index contributed by atoms with van der Waals surface area (Å²) in [6.45, 7) is 0. The zero-order valence-corrected chi connectivity index (χ0v) is 13.8. The number of nitrogens with zero attached hydrogens (tertiary/aromatic N) is 1. The minimum atomic E-state index is -1.12. The molecule has 0 fully saturated rings. The fourth-order valence-corrected chi connectivity index (χ4v) is 2.86. The predicted molar refractivity (Wildman–Crippen MR) is 97.7 cm³/mol. The van der Waals surface area contributed by atoms with Crippen LogP contribution in [0.25, 0.3) is 10.8 Å². The maximum atomic E-state index is 12.7. The number of aliphatic carboxylic acids is 1. The van der Waals surface area contributed by atoms with Crippen molar-refractivity contribution in [3.8, 4) is 6.07 Å². The van der Waals surface area contributed by atoms with Crippen LogP contribution >= 0.6 is 0 Å². The highest BCUT2D eigenvalue weighted by Crippen LogP contribution is 2.18. The lowest BCUT2D eigenvalue weighted by Crippen LogP contribution is -2.42. The van der Waals surface area contributed by atoms with Gasteiger partial charge in [0.1, 0.15) is 6.04 Å². The molecule has 26 heavy (non-hydrogen) atoms. The second-order valence-corrected chi connectivity index (χ2v) is 5.91.